The first-order chi connectivity index (χ1) is 15.5. The van der Waals surface area contributed by atoms with Crippen LogP contribution < -0.4 is 10.1 Å². The van der Waals surface area contributed by atoms with E-state index in [0.29, 0.717) is 25.5 Å². The number of hydrogen-bond donors (Lipinski definition) is 1. The van der Waals surface area contributed by atoms with Gasteiger partial charge < -0.3 is 10.1 Å². The molecule has 2 aromatic carbocycles. The molecular weight excluding hydrogens is 396 g/mol. The number of rotatable bonds is 11. The number of nitrogens with one attached hydrogen (secondary N) is 1. The van der Waals surface area contributed by atoms with Gasteiger partial charge in [-0.05, 0) is 41.9 Å². The quantitative estimate of drug-likeness (QED) is 0.352. The molecule has 1 amide bonds. The van der Waals surface area contributed by atoms with Gasteiger partial charge in [-0.25, -0.2) is 4.98 Å². The van der Waals surface area contributed by atoms with Crippen LogP contribution in [0.25, 0.3) is 22.4 Å². The molecule has 0 fully saturated rings. The van der Waals surface area contributed by atoms with E-state index in [4.69, 9.17) is 9.72 Å². The Bertz CT molecular complexity index is 927. The van der Waals surface area contributed by atoms with Gasteiger partial charge in [-0.1, -0.05) is 81.4 Å². The summed E-state index contributed by atoms with van der Waals surface area (Å²) in [5.41, 5.74) is 4.31. The molecule has 0 atom stereocenters. The van der Waals surface area contributed by atoms with Gasteiger partial charge in [-0.2, -0.15) is 0 Å². The summed E-state index contributed by atoms with van der Waals surface area (Å²) in [6.07, 6.45) is 3.55. The van der Waals surface area contributed by atoms with E-state index in [9.17, 15) is 4.79 Å². The number of unbranched alkanes of at least 4 members (excludes halogenated alkanes) is 1. The first kappa shape index (κ1) is 23.5. The number of nitrogens with zero attached hydrogens (tertiary/aromatic N) is 1. The summed E-state index contributed by atoms with van der Waals surface area (Å²) >= 11 is 0. The number of amides is 1. The van der Waals surface area contributed by atoms with Gasteiger partial charge in [0.15, 0.2) is 0 Å². The Morgan fingerprint density at radius 1 is 0.906 bits per heavy atom. The number of benzene rings is 2. The van der Waals surface area contributed by atoms with Crippen molar-refractivity contribution in [3.05, 3.63) is 72.8 Å². The van der Waals surface area contributed by atoms with Crippen molar-refractivity contribution in [1.29, 1.82) is 0 Å². The van der Waals surface area contributed by atoms with E-state index in [1.54, 1.807) is 0 Å². The molecule has 1 aromatic heterocycles. The number of ether oxygens (including phenoxy) is 1. The summed E-state index contributed by atoms with van der Waals surface area (Å²) in [5, 5.41) is 3.00. The lowest BCUT2D eigenvalue weighted by Gasteiger charge is -2.24. The zero-order chi connectivity index (χ0) is 22.8. The Morgan fingerprint density at radius 3 is 2.22 bits per heavy atom. The Hall–Kier alpha value is -3.14. The monoisotopic (exact) mass is 430 g/mol. The standard InChI is InChI=1S/C28H34N2O2/c1-4-26(31)29-21-28(2,3)17-11-12-18-32-27-20-24(22-13-7-5-8-14-22)19-25(30-27)23-15-9-6-10-16-23/h5-10,13-16,19-20H,4,11-12,17-18,21H2,1-3H3,(H,29,31). The molecule has 4 nitrogen and oxygen atoms in total. The maximum absolute atomic E-state index is 11.5. The summed E-state index contributed by atoms with van der Waals surface area (Å²) in [5.74, 6) is 0.764. The van der Waals surface area contributed by atoms with Crippen LogP contribution in [0.1, 0.15) is 46.5 Å². The largest absolute Gasteiger partial charge is 0.478 e. The van der Waals surface area contributed by atoms with Gasteiger partial charge in [0.2, 0.25) is 11.8 Å². The van der Waals surface area contributed by atoms with Crippen molar-refractivity contribution in [2.75, 3.05) is 13.2 Å². The number of aromatic nitrogens is 1. The summed E-state index contributed by atoms with van der Waals surface area (Å²) < 4.78 is 6.08. The van der Waals surface area contributed by atoms with Crippen LogP contribution in [-0.4, -0.2) is 24.0 Å². The molecule has 1 heterocycles. The van der Waals surface area contributed by atoms with Crippen molar-refractivity contribution in [1.82, 2.24) is 10.3 Å². The molecule has 0 saturated heterocycles. The van der Waals surface area contributed by atoms with E-state index in [-0.39, 0.29) is 11.3 Å². The zero-order valence-corrected chi connectivity index (χ0v) is 19.4. The smallest absolute Gasteiger partial charge is 0.219 e. The van der Waals surface area contributed by atoms with E-state index < -0.39 is 0 Å². The SMILES string of the molecule is CCC(=O)NCC(C)(C)CCCCOc1cc(-c2ccccc2)cc(-c2ccccc2)n1. The highest BCUT2D eigenvalue weighted by Crippen LogP contribution is 2.29. The zero-order valence-electron chi connectivity index (χ0n) is 19.4. The summed E-state index contributed by atoms with van der Waals surface area (Å²) in [6, 6.07) is 24.7. The molecule has 4 heteroatoms. The third-order valence-electron chi connectivity index (χ3n) is 5.56. The molecule has 0 aliphatic carbocycles. The van der Waals surface area contributed by atoms with E-state index >= 15 is 0 Å². The lowest BCUT2D eigenvalue weighted by Crippen LogP contribution is -2.33. The molecule has 0 saturated carbocycles. The lowest BCUT2D eigenvalue weighted by atomic mass is 9.87. The van der Waals surface area contributed by atoms with Crippen LogP contribution >= 0.6 is 0 Å². The predicted octanol–water partition coefficient (Wildman–Crippen LogP) is 6.52. The first-order valence-corrected chi connectivity index (χ1v) is 11.5. The third kappa shape index (κ3) is 7.23. The fraction of sp³-hybridized carbons (Fsp3) is 0.357. The van der Waals surface area contributed by atoms with Gasteiger partial charge >= 0.3 is 0 Å². The topological polar surface area (TPSA) is 51.2 Å². The fourth-order valence-corrected chi connectivity index (χ4v) is 3.57. The predicted molar refractivity (Wildman–Crippen MR) is 132 cm³/mol. The number of carbonyl (C=O) groups excluding carboxylic acids is 1. The fourth-order valence-electron chi connectivity index (χ4n) is 3.57. The van der Waals surface area contributed by atoms with Crippen LogP contribution in [-0.2, 0) is 4.79 Å². The number of carbonyl (C=O) groups is 1. The van der Waals surface area contributed by atoms with Gasteiger partial charge in [-0.15, -0.1) is 0 Å². The molecule has 0 spiro atoms. The third-order valence-corrected chi connectivity index (χ3v) is 5.56. The van der Waals surface area contributed by atoms with Crippen LogP contribution in [0, 0.1) is 5.41 Å². The van der Waals surface area contributed by atoms with E-state index in [1.807, 2.05) is 49.4 Å². The van der Waals surface area contributed by atoms with Crippen LogP contribution in [0.3, 0.4) is 0 Å². The second-order valence-electron chi connectivity index (χ2n) is 8.91. The van der Waals surface area contributed by atoms with Crippen molar-refractivity contribution in [2.24, 2.45) is 5.41 Å². The highest BCUT2D eigenvalue weighted by atomic mass is 16.5. The Labute approximate surface area is 192 Å². The van der Waals surface area contributed by atoms with E-state index in [0.717, 1.165) is 41.6 Å². The van der Waals surface area contributed by atoms with Crippen molar-refractivity contribution in [2.45, 2.75) is 46.5 Å². The molecular formula is C28H34N2O2. The van der Waals surface area contributed by atoms with Crippen LogP contribution in [0.2, 0.25) is 0 Å². The Balaban J connectivity index is 1.62. The van der Waals surface area contributed by atoms with Gasteiger partial charge in [-0.3, -0.25) is 4.79 Å². The molecule has 0 aliphatic heterocycles. The van der Waals surface area contributed by atoms with Gasteiger partial charge in [0, 0.05) is 24.6 Å². The maximum atomic E-state index is 11.5. The highest BCUT2D eigenvalue weighted by molar-refractivity contribution is 5.75. The van der Waals surface area contributed by atoms with E-state index in [2.05, 4.69) is 49.5 Å². The van der Waals surface area contributed by atoms with Crippen LogP contribution in [0.4, 0.5) is 0 Å². The first-order valence-electron chi connectivity index (χ1n) is 11.5. The molecule has 3 aromatic rings. The minimum Gasteiger partial charge on any atom is -0.478 e. The normalized spacial score (nSPS) is 11.2. The highest BCUT2D eigenvalue weighted by Gasteiger charge is 2.18. The van der Waals surface area contributed by atoms with Crippen molar-refractivity contribution < 1.29 is 9.53 Å². The van der Waals surface area contributed by atoms with Crippen LogP contribution in [0.5, 0.6) is 5.88 Å². The Kier molecular flexibility index (Phi) is 8.43. The molecule has 1 N–H and O–H groups in total. The minimum absolute atomic E-state index is 0.0801. The molecule has 3 rings (SSSR count). The van der Waals surface area contributed by atoms with Gasteiger partial charge in [0.25, 0.3) is 0 Å². The average Bonchev–Trinajstić information content (AvgIpc) is 2.83. The average molecular weight is 431 g/mol. The summed E-state index contributed by atoms with van der Waals surface area (Å²) in [4.78, 5) is 16.3. The minimum atomic E-state index is 0.0801. The molecule has 168 valence electrons. The number of hydrogen-bond acceptors (Lipinski definition) is 3. The van der Waals surface area contributed by atoms with Crippen LogP contribution in [0.15, 0.2) is 72.8 Å². The van der Waals surface area contributed by atoms with Gasteiger partial charge in [0.1, 0.15) is 0 Å². The van der Waals surface area contributed by atoms with E-state index in [1.165, 1.54) is 0 Å². The number of pyridine rings is 1. The van der Waals surface area contributed by atoms with Gasteiger partial charge in [0.05, 0.1) is 12.3 Å². The van der Waals surface area contributed by atoms with Crippen molar-refractivity contribution >= 4 is 5.91 Å². The molecule has 32 heavy (non-hydrogen) atoms. The Morgan fingerprint density at radius 2 is 1.56 bits per heavy atom. The molecule has 0 radical (unpaired) electrons. The van der Waals surface area contributed by atoms with Crippen molar-refractivity contribution in [3.8, 4) is 28.3 Å². The summed E-state index contributed by atoms with van der Waals surface area (Å²) in [7, 11) is 0. The van der Waals surface area contributed by atoms with Crippen molar-refractivity contribution in [3.63, 3.8) is 0 Å². The molecule has 0 unspecified atom stereocenters. The second-order valence-corrected chi connectivity index (χ2v) is 8.91. The lowest BCUT2D eigenvalue weighted by molar-refractivity contribution is -0.121. The summed E-state index contributed by atoms with van der Waals surface area (Å²) in [6.45, 7) is 7.60. The second kappa shape index (κ2) is 11.5. The maximum Gasteiger partial charge on any atom is 0.219 e. The molecule has 0 aliphatic rings. The molecule has 0 bridgehead atoms.